The summed E-state index contributed by atoms with van der Waals surface area (Å²) in [5.74, 6) is 0.874. The zero-order chi connectivity index (χ0) is 14.5. The first kappa shape index (κ1) is 14.8. The van der Waals surface area contributed by atoms with Gasteiger partial charge in [0.05, 0.1) is 7.11 Å². The van der Waals surface area contributed by atoms with Gasteiger partial charge in [0.2, 0.25) is 0 Å². The van der Waals surface area contributed by atoms with Crippen molar-refractivity contribution in [1.82, 2.24) is 0 Å². The molecule has 0 bridgehead atoms. The van der Waals surface area contributed by atoms with Gasteiger partial charge in [0.25, 0.3) is 0 Å². The van der Waals surface area contributed by atoms with Crippen LogP contribution in [0.4, 0.5) is 0 Å². The zero-order valence-corrected chi connectivity index (χ0v) is 13.2. The van der Waals surface area contributed by atoms with E-state index in [1.165, 1.54) is 5.56 Å². The quantitative estimate of drug-likeness (QED) is 0.756. The van der Waals surface area contributed by atoms with Crippen molar-refractivity contribution in [3.8, 4) is 5.75 Å². The molecule has 2 rings (SSSR count). The molecule has 0 aromatic heterocycles. The van der Waals surface area contributed by atoms with Crippen LogP contribution >= 0.6 is 15.9 Å². The monoisotopic (exact) mass is 332 g/mol. The van der Waals surface area contributed by atoms with E-state index in [4.69, 9.17) is 4.74 Å². The highest BCUT2D eigenvalue weighted by Crippen LogP contribution is 2.24. The molecule has 2 aromatic carbocycles. The molecule has 0 fully saturated rings. The first-order chi connectivity index (χ1) is 9.63. The van der Waals surface area contributed by atoms with Crippen LogP contribution in [0.1, 0.15) is 28.4 Å². The molecule has 0 atom stereocenters. The van der Waals surface area contributed by atoms with E-state index in [1.54, 1.807) is 7.11 Å². The maximum Gasteiger partial charge on any atom is 0.167 e. The lowest BCUT2D eigenvalue weighted by molar-refractivity contribution is 0.0993. The van der Waals surface area contributed by atoms with Crippen molar-refractivity contribution in [2.75, 3.05) is 7.11 Å². The summed E-state index contributed by atoms with van der Waals surface area (Å²) < 4.78 is 6.12. The first-order valence-electron chi connectivity index (χ1n) is 6.58. The lowest BCUT2D eigenvalue weighted by atomic mass is 10.0. The van der Waals surface area contributed by atoms with E-state index in [-0.39, 0.29) is 5.78 Å². The Morgan fingerprint density at radius 2 is 1.85 bits per heavy atom. The molecule has 20 heavy (non-hydrogen) atoms. The summed E-state index contributed by atoms with van der Waals surface area (Å²) in [5.41, 5.74) is 2.93. The van der Waals surface area contributed by atoms with Gasteiger partial charge in [0, 0.05) is 16.5 Å². The Morgan fingerprint density at radius 1 is 1.15 bits per heavy atom. The second kappa shape index (κ2) is 6.71. The van der Waals surface area contributed by atoms with Crippen molar-refractivity contribution < 1.29 is 9.53 Å². The SMILES string of the molecule is CCc1ccc(C(=O)Cc2cc(OC)ccc2Br)cc1. The van der Waals surface area contributed by atoms with Gasteiger partial charge in [-0.2, -0.15) is 0 Å². The van der Waals surface area contributed by atoms with E-state index >= 15 is 0 Å². The van der Waals surface area contributed by atoms with Crippen LogP contribution < -0.4 is 4.74 Å². The Labute approximate surface area is 127 Å². The van der Waals surface area contributed by atoms with Crippen molar-refractivity contribution in [3.05, 3.63) is 63.6 Å². The molecule has 0 amide bonds. The fourth-order valence-electron chi connectivity index (χ4n) is 2.01. The number of hydrogen-bond donors (Lipinski definition) is 0. The fraction of sp³-hybridized carbons (Fsp3) is 0.235. The minimum Gasteiger partial charge on any atom is -0.497 e. The molecular weight excluding hydrogens is 316 g/mol. The number of carbonyl (C=O) groups excluding carboxylic acids is 1. The lowest BCUT2D eigenvalue weighted by Crippen LogP contribution is -2.04. The van der Waals surface area contributed by atoms with Crippen LogP contribution in [0, 0.1) is 0 Å². The van der Waals surface area contributed by atoms with Crippen LogP contribution in [0.5, 0.6) is 5.75 Å². The van der Waals surface area contributed by atoms with Crippen LogP contribution in [0.25, 0.3) is 0 Å². The molecule has 2 nitrogen and oxygen atoms in total. The van der Waals surface area contributed by atoms with E-state index in [2.05, 4.69) is 22.9 Å². The van der Waals surface area contributed by atoms with Gasteiger partial charge in [-0.15, -0.1) is 0 Å². The number of hydrogen-bond acceptors (Lipinski definition) is 2. The number of ketones is 1. The molecule has 0 N–H and O–H groups in total. The normalized spacial score (nSPS) is 10.3. The van der Waals surface area contributed by atoms with E-state index in [9.17, 15) is 4.79 Å². The summed E-state index contributed by atoms with van der Waals surface area (Å²) in [6.07, 6.45) is 1.35. The summed E-state index contributed by atoms with van der Waals surface area (Å²) in [6.45, 7) is 2.10. The maximum atomic E-state index is 12.3. The molecular formula is C17H17BrO2. The Morgan fingerprint density at radius 3 is 2.45 bits per heavy atom. The Kier molecular flexibility index (Phi) is 4.96. The Balaban J connectivity index is 2.18. The van der Waals surface area contributed by atoms with Crippen LogP contribution in [-0.4, -0.2) is 12.9 Å². The van der Waals surface area contributed by atoms with Gasteiger partial charge < -0.3 is 4.74 Å². The third-order valence-corrected chi connectivity index (χ3v) is 4.06. The zero-order valence-electron chi connectivity index (χ0n) is 11.7. The van der Waals surface area contributed by atoms with Crippen LogP contribution in [-0.2, 0) is 12.8 Å². The van der Waals surface area contributed by atoms with Crippen molar-refractivity contribution >= 4 is 21.7 Å². The first-order valence-corrected chi connectivity index (χ1v) is 7.38. The van der Waals surface area contributed by atoms with Crippen molar-refractivity contribution in [2.24, 2.45) is 0 Å². The fourth-order valence-corrected chi connectivity index (χ4v) is 2.40. The summed E-state index contributed by atoms with van der Waals surface area (Å²) in [4.78, 5) is 12.3. The number of rotatable bonds is 5. The van der Waals surface area contributed by atoms with E-state index in [1.807, 2.05) is 42.5 Å². The molecule has 0 aliphatic carbocycles. The van der Waals surface area contributed by atoms with E-state index < -0.39 is 0 Å². The second-order valence-corrected chi connectivity index (χ2v) is 5.46. The summed E-state index contributed by atoms with van der Waals surface area (Å²) >= 11 is 3.48. The molecule has 104 valence electrons. The van der Waals surface area contributed by atoms with Gasteiger partial charge in [0.15, 0.2) is 5.78 Å². The van der Waals surface area contributed by atoms with E-state index in [0.29, 0.717) is 6.42 Å². The molecule has 0 unspecified atom stereocenters. The van der Waals surface area contributed by atoms with Gasteiger partial charge in [-0.3, -0.25) is 4.79 Å². The van der Waals surface area contributed by atoms with Crippen molar-refractivity contribution in [3.63, 3.8) is 0 Å². The molecule has 0 aliphatic rings. The molecule has 0 spiro atoms. The standard InChI is InChI=1S/C17H17BrO2/c1-3-12-4-6-13(7-5-12)17(19)11-14-10-15(20-2)8-9-16(14)18/h4-10H,3,11H2,1-2H3. The van der Waals surface area contributed by atoms with Crippen LogP contribution in [0.3, 0.4) is 0 Å². The summed E-state index contributed by atoms with van der Waals surface area (Å²) in [5, 5.41) is 0. The second-order valence-electron chi connectivity index (χ2n) is 4.61. The number of carbonyl (C=O) groups is 1. The third-order valence-electron chi connectivity index (χ3n) is 3.29. The van der Waals surface area contributed by atoms with Gasteiger partial charge >= 0.3 is 0 Å². The Hall–Kier alpha value is -1.61. The minimum atomic E-state index is 0.113. The highest BCUT2D eigenvalue weighted by molar-refractivity contribution is 9.10. The molecule has 0 saturated carbocycles. The molecule has 0 saturated heterocycles. The Bertz CT molecular complexity index is 603. The number of methoxy groups -OCH3 is 1. The van der Waals surface area contributed by atoms with Crippen LogP contribution in [0.15, 0.2) is 46.9 Å². The molecule has 3 heteroatoms. The van der Waals surface area contributed by atoms with Gasteiger partial charge in [-0.05, 0) is 35.7 Å². The average Bonchev–Trinajstić information content (AvgIpc) is 2.49. The maximum absolute atomic E-state index is 12.3. The van der Waals surface area contributed by atoms with Gasteiger partial charge in [-0.1, -0.05) is 47.1 Å². The van der Waals surface area contributed by atoms with Gasteiger partial charge in [-0.25, -0.2) is 0 Å². The van der Waals surface area contributed by atoms with E-state index in [0.717, 1.165) is 27.8 Å². The number of aryl methyl sites for hydroxylation is 1. The minimum absolute atomic E-state index is 0.113. The summed E-state index contributed by atoms with van der Waals surface area (Å²) in [7, 11) is 1.62. The van der Waals surface area contributed by atoms with Crippen molar-refractivity contribution in [2.45, 2.75) is 19.8 Å². The number of halogens is 1. The predicted octanol–water partition coefficient (Wildman–Crippen LogP) is 4.45. The molecule has 0 radical (unpaired) electrons. The van der Waals surface area contributed by atoms with Crippen LogP contribution in [0.2, 0.25) is 0 Å². The highest BCUT2D eigenvalue weighted by Gasteiger charge is 2.10. The largest absolute Gasteiger partial charge is 0.497 e. The highest BCUT2D eigenvalue weighted by atomic mass is 79.9. The molecule has 0 aliphatic heterocycles. The summed E-state index contributed by atoms with van der Waals surface area (Å²) in [6, 6.07) is 13.5. The van der Waals surface area contributed by atoms with Crippen molar-refractivity contribution in [1.29, 1.82) is 0 Å². The van der Waals surface area contributed by atoms with Gasteiger partial charge in [0.1, 0.15) is 5.75 Å². The molecule has 0 heterocycles. The smallest absolute Gasteiger partial charge is 0.167 e. The number of ether oxygens (including phenoxy) is 1. The molecule has 2 aromatic rings. The third kappa shape index (κ3) is 3.48. The topological polar surface area (TPSA) is 26.3 Å². The number of Topliss-reactive ketones (excluding diaryl/α,β-unsaturated/α-hetero) is 1. The predicted molar refractivity (Wildman–Crippen MR) is 84.5 cm³/mol. The number of benzene rings is 2. The average molecular weight is 333 g/mol. The lowest BCUT2D eigenvalue weighted by Gasteiger charge is -2.07.